The largest absolute Gasteiger partial charge is 0.469 e. The van der Waals surface area contributed by atoms with Crippen molar-refractivity contribution < 1.29 is 9.53 Å². The van der Waals surface area contributed by atoms with E-state index in [0.717, 1.165) is 11.6 Å². The van der Waals surface area contributed by atoms with E-state index in [9.17, 15) is 4.79 Å². The highest BCUT2D eigenvalue weighted by atomic mass is 32.2. The molecule has 0 bridgehead atoms. The molecule has 58 valence electrons. The molecule has 0 aromatic carbocycles. The Hall–Kier alpha value is -0.220. The number of hydrogen-bond acceptors (Lipinski definition) is 4. The van der Waals surface area contributed by atoms with Gasteiger partial charge in [0.25, 0.3) is 0 Å². The molecular formula is C6H11NO2S. The van der Waals surface area contributed by atoms with Crippen molar-refractivity contribution in [3.05, 3.63) is 0 Å². The number of ether oxygens (including phenoxy) is 1. The molecule has 1 aliphatic rings. The molecule has 1 fully saturated rings. The summed E-state index contributed by atoms with van der Waals surface area (Å²) in [6, 6.07) is 0.331. The van der Waals surface area contributed by atoms with Gasteiger partial charge in [-0.05, 0) is 0 Å². The van der Waals surface area contributed by atoms with E-state index >= 15 is 0 Å². The molecule has 1 saturated heterocycles. The molecule has 0 radical (unpaired) electrons. The predicted molar refractivity (Wildman–Crippen MR) is 40.9 cm³/mol. The van der Waals surface area contributed by atoms with Crippen LogP contribution < -0.4 is 5.32 Å². The topological polar surface area (TPSA) is 38.3 Å². The fraction of sp³-hybridized carbons (Fsp3) is 0.833. The van der Waals surface area contributed by atoms with Crippen molar-refractivity contribution in [2.75, 3.05) is 18.7 Å². The second kappa shape index (κ2) is 3.83. The molecule has 1 N–H and O–H groups in total. The average molecular weight is 161 g/mol. The van der Waals surface area contributed by atoms with Crippen LogP contribution >= 0.6 is 11.8 Å². The lowest BCUT2D eigenvalue weighted by molar-refractivity contribution is -0.141. The Labute approximate surface area is 64.5 Å². The normalized spacial score (nSPS) is 24.7. The van der Waals surface area contributed by atoms with E-state index < -0.39 is 0 Å². The molecule has 1 heterocycles. The van der Waals surface area contributed by atoms with Gasteiger partial charge in [-0.2, -0.15) is 0 Å². The number of hydrogen-bond donors (Lipinski definition) is 1. The minimum absolute atomic E-state index is 0.125. The van der Waals surface area contributed by atoms with Crippen LogP contribution in [0.3, 0.4) is 0 Å². The number of rotatable bonds is 2. The molecule has 1 rings (SSSR count). The zero-order valence-corrected chi connectivity index (χ0v) is 6.74. The first-order chi connectivity index (χ1) is 4.83. The number of nitrogens with one attached hydrogen (secondary N) is 1. The van der Waals surface area contributed by atoms with Gasteiger partial charge in [0.05, 0.1) is 13.5 Å². The van der Waals surface area contributed by atoms with Crippen LogP contribution in [0.25, 0.3) is 0 Å². The highest BCUT2D eigenvalue weighted by molar-refractivity contribution is 7.99. The van der Waals surface area contributed by atoms with Crippen molar-refractivity contribution in [1.29, 1.82) is 0 Å². The minimum Gasteiger partial charge on any atom is -0.469 e. The Balaban J connectivity index is 2.17. The summed E-state index contributed by atoms with van der Waals surface area (Å²) in [5.74, 6) is 1.86. The van der Waals surface area contributed by atoms with Crippen molar-refractivity contribution >= 4 is 17.7 Å². The van der Waals surface area contributed by atoms with Crippen LogP contribution in [0.1, 0.15) is 6.42 Å². The monoisotopic (exact) mass is 161 g/mol. The zero-order valence-electron chi connectivity index (χ0n) is 5.92. The van der Waals surface area contributed by atoms with Crippen LogP contribution in [-0.2, 0) is 9.53 Å². The number of methoxy groups -OCH3 is 1. The van der Waals surface area contributed by atoms with Crippen LogP contribution in [0.2, 0.25) is 0 Å². The van der Waals surface area contributed by atoms with E-state index in [2.05, 4.69) is 10.1 Å². The van der Waals surface area contributed by atoms with Crippen molar-refractivity contribution in [1.82, 2.24) is 5.32 Å². The molecule has 0 unspecified atom stereocenters. The van der Waals surface area contributed by atoms with Crippen molar-refractivity contribution in [3.8, 4) is 0 Å². The summed E-state index contributed by atoms with van der Waals surface area (Å²) >= 11 is 1.82. The third-order valence-electron chi connectivity index (χ3n) is 1.43. The van der Waals surface area contributed by atoms with Gasteiger partial charge in [-0.1, -0.05) is 0 Å². The highest BCUT2D eigenvalue weighted by Crippen LogP contribution is 2.12. The summed E-state index contributed by atoms with van der Waals surface area (Å²) < 4.78 is 4.52. The first kappa shape index (κ1) is 7.88. The van der Waals surface area contributed by atoms with E-state index in [0.29, 0.717) is 12.5 Å². The van der Waals surface area contributed by atoms with Crippen LogP contribution in [-0.4, -0.2) is 30.8 Å². The molecule has 0 aromatic heterocycles. The first-order valence-electron chi connectivity index (χ1n) is 3.21. The number of carbonyl (C=O) groups excluding carboxylic acids is 1. The van der Waals surface area contributed by atoms with E-state index in [1.54, 1.807) is 0 Å². The molecule has 0 spiro atoms. The average Bonchev–Trinajstić information content (AvgIpc) is 2.40. The number of thioether (sulfide) groups is 1. The van der Waals surface area contributed by atoms with Gasteiger partial charge in [0, 0.05) is 17.7 Å². The summed E-state index contributed by atoms with van der Waals surface area (Å²) in [4.78, 5) is 10.7. The summed E-state index contributed by atoms with van der Waals surface area (Å²) in [5.41, 5.74) is 0. The predicted octanol–water partition coefficient (Wildman–Crippen LogP) is 0.212. The van der Waals surface area contributed by atoms with Gasteiger partial charge in [0.2, 0.25) is 0 Å². The Kier molecular flexibility index (Phi) is 3.02. The van der Waals surface area contributed by atoms with Crippen LogP contribution in [0.4, 0.5) is 0 Å². The van der Waals surface area contributed by atoms with Gasteiger partial charge >= 0.3 is 5.97 Å². The van der Waals surface area contributed by atoms with Crippen molar-refractivity contribution in [2.45, 2.75) is 12.5 Å². The quantitative estimate of drug-likeness (QED) is 0.588. The second-order valence-corrected chi connectivity index (χ2v) is 3.23. The van der Waals surface area contributed by atoms with Crippen LogP contribution in [0.15, 0.2) is 0 Å². The molecule has 4 heteroatoms. The molecule has 3 nitrogen and oxygen atoms in total. The summed E-state index contributed by atoms with van der Waals surface area (Å²) in [6.07, 6.45) is 0.503. The lowest BCUT2D eigenvalue weighted by Crippen LogP contribution is -2.27. The molecular weight excluding hydrogens is 150 g/mol. The molecule has 0 amide bonds. The van der Waals surface area contributed by atoms with Gasteiger partial charge in [0.1, 0.15) is 0 Å². The van der Waals surface area contributed by atoms with Gasteiger partial charge in [-0.25, -0.2) is 0 Å². The Morgan fingerprint density at radius 2 is 2.70 bits per heavy atom. The maximum Gasteiger partial charge on any atom is 0.307 e. The highest BCUT2D eigenvalue weighted by Gasteiger charge is 2.17. The number of esters is 1. The zero-order chi connectivity index (χ0) is 7.40. The van der Waals surface area contributed by atoms with E-state index in [4.69, 9.17) is 0 Å². The van der Waals surface area contributed by atoms with Gasteiger partial charge < -0.3 is 10.1 Å². The standard InChI is InChI=1S/C6H11NO2S/c1-9-6(8)2-5-3-10-4-7-5/h5,7H,2-4H2,1H3/t5-/m1/s1. The fourth-order valence-electron chi connectivity index (χ4n) is 0.852. The van der Waals surface area contributed by atoms with E-state index in [1.165, 1.54) is 7.11 Å². The maximum atomic E-state index is 10.7. The molecule has 0 saturated carbocycles. The minimum atomic E-state index is -0.125. The van der Waals surface area contributed by atoms with Crippen molar-refractivity contribution in [3.63, 3.8) is 0 Å². The SMILES string of the molecule is COC(=O)C[C@@H]1CSCN1. The van der Waals surface area contributed by atoms with Gasteiger partial charge in [-0.3, -0.25) is 4.79 Å². The lowest BCUT2D eigenvalue weighted by atomic mass is 10.2. The van der Waals surface area contributed by atoms with Gasteiger partial charge in [-0.15, -0.1) is 11.8 Å². The summed E-state index contributed by atoms with van der Waals surface area (Å²) in [6.45, 7) is 0. The second-order valence-electron chi connectivity index (χ2n) is 2.20. The van der Waals surface area contributed by atoms with Crippen LogP contribution in [0, 0.1) is 0 Å². The Bertz CT molecular complexity index is 123. The van der Waals surface area contributed by atoms with Gasteiger partial charge in [0.15, 0.2) is 0 Å². The van der Waals surface area contributed by atoms with Crippen molar-refractivity contribution in [2.24, 2.45) is 0 Å². The maximum absolute atomic E-state index is 10.7. The number of carbonyl (C=O) groups is 1. The first-order valence-corrected chi connectivity index (χ1v) is 4.36. The fourth-order valence-corrected chi connectivity index (χ4v) is 1.84. The smallest absolute Gasteiger partial charge is 0.307 e. The summed E-state index contributed by atoms with van der Waals surface area (Å²) in [5, 5.41) is 3.18. The molecule has 0 aromatic rings. The summed E-state index contributed by atoms with van der Waals surface area (Å²) in [7, 11) is 1.42. The molecule has 0 aliphatic carbocycles. The molecule has 10 heavy (non-hydrogen) atoms. The Morgan fingerprint density at radius 1 is 1.90 bits per heavy atom. The third kappa shape index (κ3) is 2.19. The van der Waals surface area contributed by atoms with E-state index in [-0.39, 0.29) is 5.97 Å². The molecule has 1 atom stereocenters. The Morgan fingerprint density at radius 3 is 3.20 bits per heavy atom. The van der Waals surface area contributed by atoms with Crippen LogP contribution in [0.5, 0.6) is 0 Å². The van der Waals surface area contributed by atoms with E-state index in [1.807, 2.05) is 11.8 Å². The third-order valence-corrected chi connectivity index (χ3v) is 2.44. The lowest BCUT2D eigenvalue weighted by Gasteiger charge is -2.05. The molecule has 1 aliphatic heterocycles.